The number of nitrogens with one attached hydrogen (secondary N) is 1. The predicted molar refractivity (Wildman–Crippen MR) is 131 cm³/mol. The number of carbonyl (C=O) groups excluding carboxylic acids is 3. The zero-order valence-corrected chi connectivity index (χ0v) is 19.6. The molecule has 0 radical (unpaired) electrons. The van der Waals surface area contributed by atoms with E-state index in [4.69, 9.17) is 16.3 Å². The van der Waals surface area contributed by atoms with Gasteiger partial charge >= 0.3 is 0 Å². The number of hydrogen-bond acceptors (Lipinski definition) is 4. The van der Waals surface area contributed by atoms with Gasteiger partial charge in [0.1, 0.15) is 17.7 Å². The second kappa shape index (κ2) is 11.1. The SMILES string of the molecule is O=C(CNC(=O)c1ccccc1OC1CCN(C(=O)c2ccc(F)cc2Cl)CC1)c1ccccc1. The van der Waals surface area contributed by atoms with E-state index in [1.807, 2.05) is 6.07 Å². The summed E-state index contributed by atoms with van der Waals surface area (Å²) < 4.78 is 19.4. The van der Waals surface area contributed by atoms with E-state index in [1.54, 1.807) is 53.4 Å². The number of para-hydroxylation sites is 1. The number of ketones is 1. The van der Waals surface area contributed by atoms with Crippen molar-refractivity contribution in [1.82, 2.24) is 10.2 Å². The Balaban J connectivity index is 1.34. The molecule has 0 aliphatic carbocycles. The number of Topliss-reactive ketones (excluding diaryl/α,β-unsaturated/α-hetero) is 1. The van der Waals surface area contributed by atoms with E-state index in [1.165, 1.54) is 12.1 Å². The lowest BCUT2D eigenvalue weighted by Crippen LogP contribution is -2.42. The first-order valence-corrected chi connectivity index (χ1v) is 11.7. The number of piperidine rings is 1. The Morgan fingerprint density at radius 1 is 0.943 bits per heavy atom. The summed E-state index contributed by atoms with van der Waals surface area (Å²) in [6, 6.07) is 19.4. The summed E-state index contributed by atoms with van der Waals surface area (Å²) in [5.41, 5.74) is 1.13. The predicted octanol–water partition coefficient (Wildman–Crippen LogP) is 4.78. The van der Waals surface area contributed by atoms with E-state index in [0.29, 0.717) is 42.8 Å². The van der Waals surface area contributed by atoms with E-state index >= 15 is 0 Å². The highest BCUT2D eigenvalue weighted by Gasteiger charge is 2.27. The van der Waals surface area contributed by atoms with Crippen LogP contribution in [-0.4, -0.2) is 48.2 Å². The maximum Gasteiger partial charge on any atom is 0.255 e. The molecule has 1 aliphatic heterocycles. The molecular formula is C27H24ClFN2O4. The number of amides is 2. The highest BCUT2D eigenvalue weighted by molar-refractivity contribution is 6.33. The highest BCUT2D eigenvalue weighted by Crippen LogP contribution is 2.25. The average molecular weight is 495 g/mol. The second-order valence-electron chi connectivity index (χ2n) is 8.20. The van der Waals surface area contributed by atoms with Crippen molar-refractivity contribution in [2.75, 3.05) is 19.6 Å². The number of benzene rings is 3. The summed E-state index contributed by atoms with van der Waals surface area (Å²) in [5.74, 6) is -0.912. The van der Waals surface area contributed by atoms with Crippen molar-refractivity contribution in [3.05, 3.63) is 100 Å². The van der Waals surface area contributed by atoms with Gasteiger partial charge in [-0.15, -0.1) is 0 Å². The van der Waals surface area contributed by atoms with Crippen LogP contribution >= 0.6 is 11.6 Å². The molecule has 35 heavy (non-hydrogen) atoms. The number of likely N-dealkylation sites (tertiary alicyclic amines) is 1. The Hall–Kier alpha value is -3.71. The summed E-state index contributed by atoms with van der Waals surface area (Å²) in [4.78, 5) is 39.5. The molecule has 8 heteroatoms. The third kappa shape index (κ3) is 6.05. The van der Waals surface area contributed by atoms with Crippen molar-refractivity contribution in [3.63, 3.8) is 0 Å². The van der Waals surface area contributed by atoms with Crippen molar-refractivity contribution in [1.29, 1.82) is 0 Å². The van der Waals surface area contributed by atoms with Crippen molar-refractivity contribution < 1.29 is 23.5 Å². The van der Waals surface area contributed by atoms with Crippen LogP contribution in [0.25, 0.3) is 0 Å². The molecule has 0 saturated carbocycles. The molecule has 180 valence electrons. The molecule has 1 N–H and O–H groups in total. The largest absolute Gasteiger partial charge is 0.489 e. The number of carbonyl (C=O) groups is 3. The van der Waals surface area contributed by atoms with Crippen molar-refractivity contribution >= 4 is 29.2 Å². The van der Waals surface area contributed by atoms with Crippen LogP contribution in [0.15, 0.2) is 72.8 Å². The van der Waals surface area contributed by atoms with Crippen molar-refractivity contribution in [2.24, 2.45) is 0 Å². The van der Waals surface area contributed by atoms with Crippen LogP contribution < -0.4 is 10.1 Å². The lowest BCUT2D eigenvalue weighted by molar-refractivity contribution is 0.0593. The topological polar surface area (TPSA) is 75.7 Å². The Kier molecular flexibility index (Phi) is 7.77. The summed E-state index contributed by atoms with van der Waals surface area (Å²) in [6.07, 6.45) is 0.933. The van der Waals surface area contributed by atoms with Crippen LogP contribution in [-0.2, 0) is 0 Å². The maximum absolute atomic E-state index is 13.3. The maximum atomic E-state index is 13.3. The van der Waals surface area contributed by atoms with Gasteiger partial charge in [0.15, 0.2) is 5.78 Å². The number of ether oxygens (including phenoxy) is 1. The number of halogens is 2. The summed E-state index contributed by atoms with van der Waals surface area (Å²) in [7, 11) is 0. The standard InChI is InChI=1S/C27H24ClFN2O4/c28-23-16-19(29)10-11-21(23)27(34)31-14-12-20(13-15-31)35-25-9-5-4-8-22(25)26(33)30-17-24(32)18-6-2-1-3-7-18/h1-11,16,20H,12-15,17H2,(H,30,33). The Bertz CT molecular complexity index is 1230. The van der Waals surface area contributed by atoms with Crippen LogP contribution in [0.1, 0.15) is 43.9 Å². The zero-order chi connectivity index (χ0) is 24.8. The highest BCUT2D eigenvalue weighted by atomic mass is 35.5. The molecule has 0 spiro atoms. The first-order valence-electron chi connectivity index (χ1n) is 11.3. The quantitative estimate of drug-likeness (QED) is 0.480. The molecule has 1 heterocycles. The summed E-state index contributed by atoms with van der Waals surface area (Å²) in [5, 5.41) is 2.75. The molecule has 4 rings (SSSR count). The molecule has 0 unspecified atom stereocenters. The number of rotatable bonds is 7. The smallest absolute Gasteiger partial charge is 0.255 e. The fourth-order valence-corrected chi connectivity index (χ4v) is 4.18. The third-order valence-corrected chi connectivity index (χ3v) is 6.13. The first-order chi connectivity index (χ1) is 16.9. The molecule has 0 atom stereocenters. The van der Waals surface area contributed by atoms with Gasteiger partial charge in [0.25, 0.3) is 11.8 Å². The first kappa shape index (κ1) is 24.4. The van der Waals surface area contributed by atoms with Crippen molar-refractivity contribution in [2.45, 2.75) is 18.9 Å². The van der Waals surface area contributed by atoms with Gasteiger partial charge in [-0.25, -0.2) is 4.39 Å². The minimum absolute atomic E-state index is 0.0825. The fourth-order valence-electron chi connectivity index (χ4n) is 3.93. The van der Waals surface area contributed by atoms with E-state index < -0.39 is 11.7 Å². The van der Waals surface area contributed by atoms with E-state index in [2.05, 4.69) is 5.32 Å². The molecule has 1 aliphatic rings. The Labute approximate surface area is 207 Å². The van der Waals surface area contributed by atoms with Crippen LogP contribution in [0.4, 0.5) is 4.39 Å². The minimum Gasteiger partial charge on any atom is -0.489 e. The molecule has 3 aromatic carbocycles. The van der Waals surface area contributed by atoms with Gasteiger partial charge in [-0.05, 0) is 30.3 Å². The molecule has 3 aromatic rings. The van der Waals surface area contributed by atoms with E-state index in [-0.39, 0.29) is 34.9 Å². The Morgan fingerprint density at radius 3 is 2.34 bits per heavy atom. The molecule has 0 aromatic heterocycles. The Morgan fingerprint density at radius 2 is 1.63 bits per heavy atom. The van der Waals surface area contributed by atoms with Crippen LogP contribution in [0.3, 0.4) is 0 Å². The van der Waals surface area contributed by atoms with Gasteiger partial charge in [0.2, 0.25) is 0 Å². The molecular weight excluding hydrogens is 471 g/mol. The van der Waals surface area contributed by atoms with E-state index in [0.717, 1.165) is 6.07 Å². The molecule has 2 amide bonds. The minimum atomic E-state index is -0.495. The fraction of sp³-hybridized carbons (Fsp3) is 0.222. The van der Waals surface area contributed by atoms with Gasteiger partial charge in [0.05, 0.1) is 22.7 Å². The normalized spacial score (nSPS) is 13.8. The molecule has 1 fully saturated rings. The van der Waals surface area contributed by atoms with Crippen LogP contribution in [0, 0.1) is 5.82 Å². The second-order valence-corrected chi connectivity index (χ2v) is 8.61. The van der Waals surface area contributed by atoms with Crippen LogP contribution in [0.2, 0.25) is 5.02 Å². The van der Waals surface area contributed by atoms with Gasteiger partial charge in [-0.1, -0.05) is 54.1 Å². The summed E-state index contributed by atoms with van der Waals surface area (Å²) >= 11 is 6.04. The van der Waals surface area contributed by atoms with Gasteiger partial charge in [-0.3, -0.25) is 14.4 Å². The van der Waals surface area contributed by atoms with Crippen molar-refractivity contribution in [3.8, 4) is 5.75 Å². The molecule has 6 nitrogen and oxygen atoms in total. The monoisotopic (exact) mass is 494 g/mol. The third-order valence-electron chi connectivity index (χ3n) is 5.82. The van der Waals surface area contributed by atoms with E-state index in [9.17, 15) is 18.8 Å². The zero-order valence-electron chi connectivity index (χ0n) is 18.9. The number of hydrogen-bond donors (Lipinski definition) is 1. The van der Waals surface area contributed by atoms with Gasteiger partial charge < -0.3 is 15.0 Å². The average Bonchev–Trinajstić information content (AvgIpc) is 2.88. The van der Waals surface area contributed by atoms with Gasteiger partial charge in [0, 0.05) is 31.5 Å². The lowest BCUT2D eigenvalue weighted by atomic mass is 10.1. The summed E-state index contributed by atoms with van der Waals surface area (Å²) in [6.45, 7) is 0.762. The lowest BCUT2D eigenvalue weighted by Gasteiger charge is -2.32. The molecule has 0 bridgehead atoms. The number of nitrogens with zero attached hydrogens (tertiary/aromatic N) is 1. The molecule has 1 saturated heterocycles. The van der Waals surface area contributed by atoms with Gasteiger partial charge in [-0.2, -0.15) is 0 Å². The van der Waals surface area contributed by atoms with Crippen LogP contribution in [0.5, 0.6) is 5.75 Å².